The minimum atomic E-state index is 0.619. The summed E-state index contributed by atoms with van der Waals surface area (Å²) >= 11 is 0. The van der Waals surface area contributed by atoms with Gasteiger partial charge in [0.15, 0.2) is 5.82 Å². The summed E-state index contributed by atoms with van der Waals surface area (Å²) in [5.74, 6) is 1.45. The maximum atomic E-state index is 5.68. The second kappa shape index (κ2) is 15.7. The number of hydrogen-bond donors (Lipinski definition) is 0. The predicted octanol–water partition coefficient (Wildman–Crippen LogP) is 17.4. The van der Waals surface area contributed by atoms with Crippen molar-refractivity contribution in [1.29, 1.82) is 0 Å². The average Bonchev–Trinajstić information content (AvgIpc) is 4.19. The highest BCUT2D eigenvalue weighted by Crippen LogP contribution is 2.42. The third-order valence-electron chi connectivity index (χ3n) is 15.4. The van der Waals surface area contributed by atoms with E-state index in [-0.39, 0.29) is 0 Å². The molecule has 5 heterocycles. The lowest BCUT2D eigenvalue weighted by Gasteiger charge is -2.14. The molecule has 0 fully saturated rings. The van der Waals surface area contributed by atoms with Crippen molar-refractivity contribution in [3.63, 3.8) is 0 Å². The molecule has 0 saturated heterocycles. The van der Waals surface area contributed by atoms with E-state index in [9.17, 15) is 0 Å². The van der Waals surface area contributed by atoms with Gasteiger partial charge in [-0.2, -0.15) is 4.98 Å². The summed E-state index contributed by atoms with van der Waals surface area (Å²) in [5.41, 5.74) is 16.8. The van der Waals surface area contributed by atoms with Crippen molar-refractivity contribution in [3.05, 3.63) is 255 Å². The van der Waals surface area contributed by atoms with Crippen LogP contribution in [0.1, 0.15) is 0 Å². The second-order valence-corrected chi connectivity index (χ2v) is 19.4. The fraction of sp³-hybridized carbons (Fsp3) is 0. The molecule has 5 aromatic heterocycles. The molecule has 0 aliphatic heterocycles. The first-order valence-corrected chi connectivity index (χ1v) is 25.2. The van der Waals surface area contributed by atoms with Gasteiger partial charge in [-0.15, -0.1) is 0 Å². The molecule has 0 atom stereocenters. The molecule has 0 spiro atoms. The van der Waals surface area contributed by atoms with E-state index in [0.717, 1.165) is 77.6 Å². The van der Waals surface area contributed by atoms with Crippen LogP contribution < -0.4 is 0 Å². The lowest BCUT2D eigenvalue weighted by Crippen LogP contribution is -2.07. The van der Waals surface area contributed by atoms with Crippen LogP contribution in [0, 0.1) is 0 Å². The van der Waals surface area contributed by atoms with Gasteiger partial charge in [0.2, 0.25) is 5.95 Å². The van der Waals surface area contributed by atoms with Crippen molar-refractivity contribution in [2.75, 3.05) is 0 Å². The van der Waals surface area contributed by atoms with Crippen LogP contribution in [0.3, 0.4) is 0 Å². The number of aromatic nitrogens is 6. The Labute approximate surface area is 424 Å². The first-order chi connectivity index (χ1) is 36.7. The second-order valence-electron chi connectivity index (χ2n) is 19.4. The molecule has 0 unspecified atom stereocenters. The quantitative estimate of drug-likeness (QED) is 0.167. The van der Waals surface area contributed by atoms with Crippen LogP contribution in [0.5, 0.6) is 0 Å². The largest absolute Gasteiger partial charge is 0.309 e. The number of hydrogen-bond acceptors (Lipinski definition) is 2. The van der Waals surface area contributed by atoms with Crippen molar-refractivity contribution in [2.45, 2.75) is 0 Å². The number of fused-ring (bicyclic) bond motifs is 13. The van der Waals surface area contributed by atoms with Gasteiger partial charge in [0.05, 0.1) is 49.7 Å². The molecular weight excluding hydrogens is 901 g/mol. The first kappa shape index (κ1) is 40.7. The highest BCUT2D eigenvalue weighted by atomic mass is 15.2. The molecule has 0 aliphatic rings. The summed E-state index contributed by atoms with van der Waals surface area (Å²) in [5, 5.41) is 10.5. The Bertz CT molecular complexity index is 4960. The van der Waals surface area contributed by atoms with Crippen molar-refractivity contribution in [1.82, 2.24) is 28.2 Å². The Morgan fingerprint density at radius 2 is 0.568 bits per heavy atom. The van der Waals surface area contributed by atoms with Crippen LogP contribution in [0.25, 0.3) is 144 Å². The van der Waals surface area contributed by atoms with Crippen LogP contribution >= 0.6 is 0 Å². The maximum absolute atomic E-state index is 5.68. The van der Waals surface area contributed by atoms with Crippen LogP contribution in [0.2, 0.25) is 0 Å². The third-order valence-corrected chi connectivity index (χ3v) is 15.4. The summed E-state index contributed by atoms with van der Waals surface area (Å²) in [4.78, 5) is 11.1. The Morgan fingerprint density at radius 1 is 0.216 bits per heavy atom. The lowest BCUT2D eigenvalue weighted by molar-refractivity contribution is 0.973. The van der Waals surface area contributed by atoms with E-state index >= 15 is 0 Å². The van der Waals surface area contributed by atoms with Gasteiger partial charge < -0.3 is 9.13 Å². The van der Waals surface area contributed by atoms with Crippen molar-refractivity contribution >= 4 is 98.1 Å². The molecule has 11 aromatic carbocycles. The Morgan fingerprint density at radius 3 is 1.08 bits per heavy atom. The Balaban J connectivity index is 0.876. The van der Waals surface area contributed by atoms with Gasteiger partial charge in [-0.05, 0) is 125 Å². The first-order valence-electron chi connectivity index (χ1n) is 25.2. The number of para-hydroxylation sites is 7. The number of rotatable bonds is 6. The zero-order chi connectivity index (χ0) is 48.4. The summed E-state index contributed by atoms with van der Waals surface area (Å²) in [6.45, 7) is 0. The van der Waals surface area contributed by atoms with Crippen LogP contribution in [-0.4, -0.2) is 28.2 Å². The van der Waals surface area contributed by atoms with E-state index in [1.807, 2.05) is 0 Å². The molecule has 6 heteroatoms. The van der Waals surface area contributed by atoms with Gasteiger partial charge >= 0.3 is 0 Å². The van der Waals surface area contributed by atoms with E-state index in [1.54, 1.807) is 0 Å². The van der Waals surface area contributed by atoms with Gasteiger partial charge in [0.1, 0.15) is 0 Å². The smallest absolute Gasteiger partial charge is 0.237 e. The normalized spacial score (nSPS) is 12.1. The Kier molecular flexibility index (Phi) is 8.64. The van der Waals surface area contributed by atoms with Crippen LogP contribution in [0.4, 0.5) is 0 Å². The Hall–Kier alpha value is -10.0. The summed E-state index contributed by atoms with van der Waals surface area (Å²) in [6.07, 6.45) is 0. The van der Waals surface area contributed by atoms with Crippen molar-refractivity contribution in [3.8, 4) is 45.4 Å². The van der Waals surface area contributed by atoms with E-state index in [1.165, 1.54) is 59.9 Å². The van der Waals surface area contributed by atoms with Gasteiger partial charge in [-0.3, -0.25) is 9.13 Å². The highest BCUT2D eigenvalue weighted by Gasteiger charge is 2.22. The van der Waals surface area contributed by atoms with Crippen LogP contribution in [-0.2, 0) is 0 Å². The molecule has 16 rings (SSSR count). The van der Waals surface area contributed by atoms with Gasteiger partial charge in [-0.25, -0.2) is 4.98 Å². The average molecular weight is 943 g/mol. The zero-order valence-electron chi connectivity index (χ0n) is 39.9. The SMILES string of the molecule is c1ccc(-n2c3ccccc3c3cc(-c4ccc5c(c4)c4ccccc4n5-c4nc(-n5c6ccccc6c6ccc(-c7ccc8c(c7)c7ccccc7n8-c7ccccc7)cc65)nc5ccccc45)ccc32)cc1. The molecule has 74 heavy (non-hydrogen) atoms. The molecule has 0 bridgehead atoms. The van der Waals surface area contributed by atoms with E-state index in [0.29, 0.717) is 5.95 Å². The predicted molar refractivity (Wildman–Crippen MR) is 308 cm³/mol. The highest BCUT2D eigenvalue weighted by molar-refractivity contribution is 6.15. The fourth-order valence-electron chi connectivity index (χ4n) is 12.1. The standard InChI is InChI=1S/C68H42N6/c1-3-17-47(18-4-1)71-59-27-13-9-22-50(59)55-39-43(32-36-63(55)71)44-34-38-65-57(40-44)52-24-11-15-29-61(52)73(65)67-54-25-7-12-26-58(54)69-68(70-67)74-62-30-16-8-21-49(62)53-35-31-46(42-66(53)74)45-33-37-64-56(41-45)51-23-10-14-28-60(51)72(64)48-19-5-2-6-20-48/h1-42H. The van der Waals surface area contributed by atoms with E-state index < -0.39 is 0 Å². The molecule has 0 amide bonds. The van der Waals surface area contributed by atoms with Gasteiger partial charge in [-0.1, -0.05) is 152 Å². The molecule has 344 valence electrons. The minimum absolute atomic E-state index is 0.619. The monoisotopic (exact) mass is 942 g/mol. The lowest BCUT2D eigenvalue weighted by atomic mass is 10.0. The summed E-state index contributed by atoms with van der Waals surface area (Å²) in [6, 6.07) is 92.1. The molecule has 0 aliphatic carbocycles. The van der Waals surface area contributed by atoms with Gasteiger partial charge in [0, 0.05) is 59.9 Å². The van der Waals surface area contributed by atoms with Crippen molar-refractivity contribution < 1.29 is 0 Å². The fourth-order valence-corrected chi connectivity index (χ4v) is 12.1. The molecule has 6 nitrogen and oxygen atoms in total. The summed E-state index contributed by atoms with van der Waals surface area (Å²) < 4.78 is 9.35. The third kappa shape index (κ3) is 5.94. The van der Waals surface area contributed by atoms with Gasteiger partial charge in [0.25, 0.3) is 0 Å². The van der Waals surface area contributed by atoms with E-state index in [2.05, 4.69) is 273 Å². The number of benzene rings is 11. The van der Waals surface area contributed by atoms with Crippen molar-refractivity contribution in [2.24, 2.45) is 0 Å². The topological polar surface area (TPSA) is 45.5 Å². The summed E-state index contributed by atoms with van der Waals surface area (Å²) in [7, 11) is 0. The molecule has 0 radical (unpaired) electrons. The molecule has 16 aromatic rings. The molecular formula is C68H42N6. The minimum Gasteiger partial charge on any atom is -0.309 e. The van der Waals surface area contributed by atoms with E-state index in [4.69, 9.17) is 9.97 Å². The molecule has 0 saturated carbocycles. The maximum Gasteiger partial charge on any atom is 0.237 e. The number of nitrogens with zero attached hydrogens (tertiary/aromatic N) is 6. The van der Waals surface area contributed by atoms with Crippen LogP contribution in [0.15, 0.2) is 255 Å². The molecule has 0 N–H and O–H groups in total. The zero-order valence-corrected chi connectivity index (χ0v) is 39.9.